The van der Waals surface area contributed by atoms with Crippen LogP contribution in [-0.2, 0) is 6.42 Å². The number of alkyl halides is 1. The summed E-state index contributed by atoms with van der Waals surface area (Å²) in [5, 5.41) is 4.40. The Hall–Kier alpha value is -0.670. The molecule has 0 radical (unpaired) electrons. The molecule has 0 aliphatic rings. The minimum absolute atomic E-state index is 0.369. The van der Waals surface area contributed by atoms with Gasteiger partial charge < -0.3 is 0 Å². The van der Waals surface area contributed by atoms with Crippen molar-refractivity contribution in [3.63, 3.8) is 0 Å². The molecule has 0 spiro atoms. The molecule has 0 bridgehead atoms. The van der Waals surface area contributed by atoms with Crippen LogP contribution in [0.15, 0.2) is 29.1 Å². The van der Waals surface area contributed by atoms with Crippen molar-refractivity contribution in [3.05, 3.63) is 51.5 Å². The number of thiophene rings is 1. The number of rotatable bonds is 3. The maximum atomic E-state index is 4.43. The van der Waals surface area contributed by atoms with Crippen LogP contribution in [0.1, 0.15) is 27.2 Å². The fourth-order valence-electron chi connectivity index (χ4n) is 1.60. The van der Waals surface area contributed by atoms with Gasteiger partial charge in [0, 0.05) is 23.1 Å². The van der Waals surface area contributed by atoms with E-state index < -0.39 is 0 Å². The molecule has 0 N–H and O–H groups in total. The van der Waals surface area contributed by atoms with Gasteiger partial charge in [0.2, 0.25) is 0 Å². The van der Waals surface area contributed by atoms with Gasteiger partial charge in [-0.25, -0.2) is 0 Å². The van der Waals surface area contributed by atoms with Crippen LogP contribution in [-0.4, -0.2) is 4.98 Å². The quantitative estimate of drug-likeness (QED) is 0.763. The molecule has 84 valence electrons. The maximum absolute atomic E-state index is 4.43. The number of hydrogen-bond acceptors (Lipinski definition) is 2. The lowest BCUT2D eigenvalue weighted by atomic mass is 10.1. The monoisotopic (exact) mass is 295 g/mol. The van der Waals surface area contributed by atoms with Crippen molar-refractivity contribution >= 4 is 27.3 Å². The number of aryl methyl sites for hydroxylation is 2. The summed E-state index contributed by atoms with van der Waals surface area (Å²) in [5.41, 5.74) is 5.09. The SMILES string of the molecule is Cc1ccc(CC(Br)c2cscc2C)nc1. The first-order chi connectivity index (χ1) is 7.66. The fraction of sp³-hybridized carbons (Fsp3) is 0.308. The lowest BCUT2D eigenvalue weighted by molar-refractivity contribution is 0.899. The van der Waals surface area contributed by atoms with Crippen LogP contribution in [0.25, 0.3) is 0 Å². The van der Waals surface area contributed by atoms with E-state index in [-0.39, 0.29) is 0 Å². The summed E-state index contributed by atoms with van der Waals surface area (Å²) >= 11 is 5.50. The predicted octanol–water partition coefficient (Wildman–Crippen LogP) is 4.44. The molecule has 0 aromatic carbocycles. The van der Waals surface area contributed by atoms with E-state index in [0.717, 1.165) is 12.1 Å². The third kappa shape index (κ3) is 2.71. The molecule has 0 saturated heterocycles. The summed E-state index contributed by atoms with van der Waals surface area (Å²) < 4.78 is 0. The highest BCUT2D eigenvalue weighted by atomic mass is 79.9. The molecular weight excluding hydrogens is 282 g/mol. The minimum atomic E-state index is 0.369. The Morgan fingerprint density at radius 3 is 2.69 bits per heavy atom. The lowest BCUT2D eigenvalue weighted by Gasteiger charge is -2.09. The van der Waals surface area contributed by atoms with Gasteiger partial charge in [0.1, 0.15) is 0 Å². The Labute approximate surface area is 109 Å². The number of nitrogens with zero attached hydrogens (tertiary/aromatic N) is 1. The van der Waals surface area contributed by atoms with E-state index >= 15 is 0 Å². The summed E-state index contributed by atoms with van der Waals surface area (Å²) in [5.74, 6) is 0. The molecule has 16 heavy (non-hydrogen) atoms. The van der Waals surface area contributed by atoms with Gasteiger partial charge in [0.25, 0.3) is 0 Å². The molecule has 0 aliphatic heterocycles. The Kier molecular flexibility index (Phi) is 3.77. The van der Waals surface area contributed by atoms with Crippen LogP contribution in [0.4, 0.5) is 0 Å². The molecule has 1 atom stereocenters. The van der Waals surface area contributed by atoms with E-state index in [1.165, 1.54) is 16.7 Å². The first-order valence-corrected chi connectivity index (χ1v) is 7.11. The molecule has 2 heterocycles. The molecule has 1 nitrogen and oxygen atoms in total. The van der Waals surface area contributed by atoms with Gasteiger partial charge in [-0.2, -0.15) is 11.3 Å². The standard InChI is InChI=1S/C13H14BrNS/c1-9-3-4-11(15-6-9)5-13(14)12-8-16-7-10(12)2/h3-4,6-8,13H,5H2,1-2H3. The Morgan fingerprint density at radius 1 is 1.31 bits per heavy atom. The summed E-state index contributed by atoms with van der Waals surface area (Å²) in [4.78, 5) is 4.80. The third-order valence-electron chi connectivity index (χ3n) is 2.59. The zero-order valence-corrected chi connectivity index (χ0v) is 11.8. The van der Waals surface area contributed by atoms with Crippen molar-refractivity contribution in [2.24, 2.45) is 0 Å². The van der Waals surface area contributed by atoms with Crippen LogP contribution < -0.4 is 0 Å². The van der Waals surface area contributed by atoms with E-state index in [1.807, 2.05) is 6.20 Å². The Morgan fingerprint density at radius 2 is 2.12 bits per heavy atom. The molecule has 0 saturated carbocycles. The largest absolute Gasteiger partial charge is 0.261 e. The molecule has 0 aliphatic carbocycles. The van der Waals surface area contributed by atoms with Crippen LogP contribution in [0.2, 0.25) is 0 Å². The zero-order chi connectivity index (χ0) is 11.5. The average molecular weight is 296 g/mol. The number of halogens is 1. The van der Waals surface area contributed by atoms with Crippen molar-refractivity contribution in [1.29, 1.82) is 0 Å². The average Bonchev–Trinajstić information content (AvgIpc) is 2.68. The van der Waals surface area contributed by atoms with Gasteiger partial charge in [0.05, 0.1) is 0 Å². The normalized spacial score (nSPS) is 12.7. The molecule has 0 fully saturated rings. The van der Waals surface area contributed by atoms with Crippen LogP contribution >= 0.6 is 27.3 Å². The predicted molar refractivity (Wildman–Crippen MR) is 73.4 cm³/mol. The minimum Gasteiger partial charge on any atom is -0.261 e. The molecule has 2 aromatic heterocycles. The van der Waals surface area contributed by atoms with Gasteiger partial charge in [-0.3, -0.25) is 4.98 Å². The van der Waals surface area contributed by atoms with Crippen molar-refractivity contribution in [3.8, 4) is 0 Å². The highest BCUT2D eigenvalue weighted by Crippen LogP contribution is 2.31. The fourth-order valence-corrected chi connectivity index (χ4v) is 3.51. The molecule has 2 rings (SSSR count). The number of pyridine rings is 1. The van der Waals surface area contributed by atoms with Gasteiger partial charge in [0.15, 0.2) is 0 Å². The maximum Gasteiger partial charge on any atom is 0.0461 e. The molecular formula is C13H14BrNS. The number of hydrogen-bond donors (Lipinski definition) is 0. The lowest BCUT2D eigenvalue weighted by Crippen LogP contribution is -1.98. The van der Waals surface area contributed by atoms with Crippen LogP contribution in [0.5, 0.6) is 0 Å². The van der Waals surface area contributed by atoms with E-state index in [1.54, 1.807) is 11.3 Å². The molecule has 2 aromatic rings. The Bertz CT molecular complexity index is 461. The van der Waals surface area contributed by atoms with Gasteiger partial charge in [-0.05, 0) is 47.4 Å². The van der Waals surface area contributed by atoms with Crippen molar-refractivity contribution in [2.75, 3.05) is 0 Å². The van der Waals surface area contributed by atoms with E-state index in [4.69, 9.17) is 0 Å². The van der Waals surface area contributed by atoms with Gasteiger partial charge in [-0.1, -0.05) is 22.0 Å². The van der Waals surface area contributed by atoms with Crippen molar-refractivity contribution < 1.29 is 0 Å². The summed E-state index contributed by atoms with van der Waals surface area (Å²) in [6.07, 6.45) is 2.87. The highest BCUT2D eigenvalue weighted by Gasteiger charge is 2.12. The van der Waals surface area contributed by atoms with E-state index in [9.17, 15) is 0 Å². The first kappa shape index (κ1) is 11.8. The van der Waals surface area contributed by atoms with E-state index in [2.05, 4.69) is 57.7 Å². The van der Waals surface area contributed by atoms with Crippen LogP contribution in [0.3, 0.4) is 0 Å². The van der Waals surface area contributed by atoms with Crippen molar-refractivity contribution in [2.45, 2.75) is 25.1 Å². The smallest absolute Gasteiger partial charge is 0.0461 e. The highest BCUT2D eigenvalue weighted by molar-refractivity contribution is 9.09. The summed E-state index contributed by atoms with van der Waals surface area (Å²) in [6, 6.07) is 4.22. The van der Waals surface area contributed by atoms with Gasteiger partial charge in [-0.15, -0.1) is 0 Å². The third-order valence-corrected chi connectivity index (χ3v) is 4.29. The second kappa shape index (κ2) is 5.11. The second-order valence-corrected chi connectivity index (χ2v) is 5.86. The second-order valence-electron chi connectivity index (χ2n) is 4.01. The summed E-state index contributed by atoms with van der Waals surface area (Å²) in [7, 11) is 0. The zero-order valence-electron chi connectivity index (χ0n) is 9.40. The first-order valence-electron chi connectivity index (χ1n) is 5.25. The van der Waals surface area contributed by atoms with E-state index in [0.29, 0.717) is 4.83 Å². The summed E-state index contributed by atoms with van der Waals surface area (Å²) in [6.45, 7) is 4.22. The van der Waals surface area contributed by atoms with Crippen molar-refractivity contribution in [1.82, 2.24) is 4.98 Å². The molecule has 1 unspecified atom stereocenters. The topological polar surface area (TPSA) is 12.9 Å². The number of aromatic nitrogens is 1. The molecule has 3 heteroatoms. The molecule has 0 amide bonds. The van der Waals surface area contributed by atoms with Gasteiger partial charge >= 0.3 is 0 Å². The van der Waals surface area contributed by atoms with Crippen LogP contribution in [0, 0.1) is 13.8 Å². The Balaban J connectivity index is 2.10.